The fourth-order valence-electron chi connectivity index (χ4n) is 2.28. The number of rotatable bonds is 7. The van der Waals surface area contributed by atoms with Crippen LogP contribution in [0.2, 0.25) is 0 Å². The molecular formula is C16H26N2O2. The molecule has 0 saturated carbocycles. The Balaban J connectivity index is 2.78. The van der Waals surface area contributed by atoms with E-state index >= 15 is 0 Å². The highest BCUT2D eigenvalue weighted by Crippen LogP contribution is 2.26. The minimum absolute atomic E-state index is 0.0355. The number of nitrogens with two attached hydrogens (primary N) is 1. The maximum absolute atomic E-state index is 12.4. The first-order valence-electron chi connectivity index (χ1n) is 7.18. The summed E-state index contributed by atoms with van der Waals surface area (Å²) in [6.07, 6.45) is 1.50. The summed E-state index contributed by atoms with van der Waals surface area (Å²) in [5.41, 5.74) is 6.40. The average Bonchev–Trinajstić information content (AvgIpc) is 2.49. The van der Waals surface area contributed by atoms with Gasteiger partial charge in [-0.05, 0) is 37.5 Å². The highest BCUT2D eigenvalue weighted by molar-refractivity contribution is 5.83. The zero-order valence-electron chi connectivity index (χ0n) is 12.9. The van der Waals surface area contributed by atoms with Crippen LogP contribution in [-0.2, 0) is 4.79 Å². The van der Waals surface area contributed by atoms with Crippen molar-refractivity contribution >= 4 is 5.91 Å². The summed E-state index contributed by atoms with van der Waals surface area (Å²) in [6.45, 7) is 6.37. The Kier molecular flexibility index (Phi) is 6.02. The van der Waals surface area contributed by atoms with Crippen LogP contribution in [0.4, 0.5) is 0 Å². The third-order valence-electron chi connectivity index (χ3n) is 4.19. The minimum Gasteiger partial charge on any atom is -0.497 e. The molecule has 0 spiro atoms. The molecule has 4 nitrogen and oxygen atoms in total. The predicted molar refractivity (Wildman–Crippen MR) is 81.6 cm³/mol. The first kappa shape index (κ1) is 16.5. The van der Waals surface area contributed by atoms with E-state index in [-0.39, 0.29) is 11.9 Å². The van der Waals surface area contributed by atoms with Crippen molar-refractivity contribution in [1.29, 1.82) is 0 Å². The van der Waals surface area contributed by atoms with E-state index in [1.807, 2.05) is 45.0 Å². The first-order chi connectivity index (χ1) is 9.52. The third-order valence-corrected chi connectivity index (χ3v) is 4.19. The maximum atomic E-state index is 12.4. The molecule has 20 heavy (non-hydrogen) atoms. The van der Waals surface area contributed by atoms with Crippen LogP contribution in [0, 0.1) is 5.41 Å². The van der Waals surface area contributed by atoms with Gasteiger partial charge in [0.1, 0.15) is 5.75 Å². The molecule has 0 radical (unpaired) electrons. The van der Waals surface area contributed by atoms with Gasteiger partial charge in [-0.1, -0.05) is 26.0 Å². The van der Waals surface area contributed by atoms with Crippen LogP contribution >= 0.6 is 0 Å². The zero-order valence-corrected chi connectivity index (χ0v) is 12.9. The molecular weight excluding hydrogens is 252 g/mol. The highest BCUT2D eigenvalue weighted by Gasteiger charge is 2.33. The van der Waals surface area contributed by atoms with Gasteiger partial charge in [0.25, 0.3) is 0 Å². The van der Waals surface area contributed by atoms with Crippen molar-refractivity contribution < 1.29 is 9.53 Å². The lowest BCUT2D eigenvalue weighted by atomic mass is 9.81. The van der Waals surface area contributed by atoms with Crippen LogP contribution in [0.3, 0.4) is 0 Å². The highest BCUT2D eigenvalue weighted by atomic mass is 16.5. The van der Waals surface area contributed by atoms with Crippen LogP contribution in [0.1, 0.15) is 45.2 Å². The fourth-order valence-corrected chi connectivity index (χ4v) is 2.28. The number of amides is 1. The summed E-state index contributed by atoms with van der Waals surface area (Å²) in [7, 11) is 1.64. The summed E-state index contributed by atoms with van der Waals surface area (Å²) in [5.74, 6) is 0.846. The molecule has 0 aromatic heterocycles. The average molecular weight is 278 g/mol. The number of carbonyl (C=O) groups is 1. The van der Waals surface area contributed by atoms with Crippen LogP contribution < -0.4 is 15.8 Å². The monoisotopic (exact) mass is 278 g/mol. The number of nitrogens with one attached hydrogen (secondary N) is 1. The Labute approximate surface area is 121 Å². The van der Waals surface area contributed by atoms with Gasteiger partial charge < -0.3 is 15.8 Å². The van der Waals surface area contributed by atoms with Crippen LogP contribution in [0.5, 0.6) is 5.75 Å². The quantitative estimate of drug-likeness (QED) is 0.806. The summed E-state index contributed by atoms with van der Waals surface area (Å²) in [6, 6.07) is 7.68. The maximum Gasteiger partial charge on any atom is 0.227 e. The first-order valence-corrected chi connectivity index (χ1v) is 7.18. The van der Waals surface area contributed by atoms with E-state index in [2.05, 4.69) is 5.32 Å². The molecule has 0 aliphatic carbocycles. The van der Waals surface area contributed by atoms with Gasteiger partial charge in [-0.2, -0.15) is 0 Å². The normalized spacial score (nSPS) is 12.8. The van der Waals surface area contributed by atoms with Crippen molar-refractivity contribution in [3.63, 3.8) is 0 Å². The molecule has 3 N–H and O–H groups in total. The van der Waals surface area contributed by atoms with Crippen molar-refractivity contribution in [3.05, 3.63) is 29.8 Å². The molecule has 0 aliphatic heterocycles. The number of methoxy groups -OCH3 is 1. The molecule has 1 atom stereocenters. The Hall–Kier alpha value is -1.55. The molecule has 0 unspecified atom stereocenters. The molecule has 0 aliphatic rings. The van der Waals surface area contributed by atoms with E-state index in [1.54, 1.807) is 7.11 Å². The van der Waals surface area contributed by atoms with Crippen molar-refractivity contribution in [2.24, 2.45) is 11.1 Å². The minimum atomic E-state index is -0.458. The van der Waals surface area contributed by atoms with E-state index in [1.165, 1.54) is 0 Å². The van der Waals surface area contributed by atoms with Gasteiger partial charge in [0.05, 0.1) is 18.6 Å². The fraction of sp³-hybridized carbons (Fsp3) is 0.562. The molecule has 4 heteroatoms. The van der Waals surface area contributed by atoms with Gasteiger partial charge >= 0.3 is 0 Å². The van der Waals surface area contributed by atoms with Crippen LogP contribution in [0.25, 0.3) is 0 Å². The van der Waals surface area contributed by atoms with Crippen LogP contribution in [-0.4, -0.2) is 19.6 Å². The Morgan fingerprint density at radius 1 is 1.30 bits per heavy atom. The van der Waals surface area contributed by atoms with E-state index in [0.29, 0.717) is 6.54 Å². The third kappa shape index (κ3) is 3.51. The number of hydrogen-bond donors (Lipinski definition) is 2. The number of ether oxygens (including phenoxy) is 1. The zero-order chi connectivity index (χ0) is 15.2. The standard InChI is InChI=1S/C16H26N2O2/c1-5-16(6-2,11-17)15(19)18-12(3)13-7-9-14(20-4)10-8-13/h7-10,12H,5-6,11,17H2,1-4H3,(H,18,19)/t12-/m1/s1. The lowest BCUT2D eigenvalue weighted by Crippen LogP contribution is -2.46. The largest absolute Gasteiger partial charge is 0.497 e. The van der Waals surface area contributed by atoms with Crippen molar-refractivity contribution in [2.75, 3.05) is 13.7 Å². The predicted octanol–water partition coefficient (Wildman–Crippen LogP) is 2.64. The van der Waals surface area contributed by atoms with Crippen LogP contribution in [0.15, 0.2) is 24.3 Å². The summed E-state index contributed by atoms with van der Waals surface area (Å²) in [5, 5.41) is 3.07. The number of carbonyl (C=O) groups excluding carboxylic acids is 1. The van der Waals surface area contributed by atoms with Gasteiger partial charge in [-0.25, -0.2) is 0 Å². The molecule has 1 rings (SSSR count). The molecule has 0 saturated heterocycles. The Bertz CT molecular complexity index is 416. The van der Waals surface area contributed by atoms with E-state index in [0.717, 1.165) is 24.2 Å². The van der Waals surface area contributed by atoms with E-state index in [4.69, 9.17) is 10.5 Å². The van der Waals surface area contributed by atoms with Gasteiger partial charge in [0.15, 0.2) is 0 Å². The number of hydrogen-bond acceptors (Lipinski definition) is 3. The molecule has 1 amide bonds. The van der Waals surface area contributed by atoms with Gasteiger partial charge in [0, 0.05) is 6.54 Å². The lowest BCUT2D eigenvalue weighted by molar-refractivity contribution is -0.131. The lowest BCUT2D eigenvalue weighted by Gasteiger charge is -2.30. The second-order valence-corrected chi connectivity index (χ2v) is 5.16. The smallest absolute Gasteiger partial charge is 0.227 e. The molecule has 0 bridgehead atoms. The van der Waals surface area contributed by atoms with E-state index < -0.39 is 5.41 Å². The van der Waals surface area contributed by atoms with Gasteiger partial charge in [-0.15, -0.1) is 0 Å². The molecule has 1 aromatic carbocycles. The summed E-state index contributed by atoms with van der Waals surface area (Å²) < 4.78 is 5.13. The SMILES string of the molecule is CCC(CC)(CN)C(=O)N[C@H](C)c1ccc(OC)cc1. The number of benzene rings is 1. The van der Waals surface area contributed by atoms with Crippen molar-refractivity contribution in [3.8, 4) is 5.75 Å². The second kappa shape index (κ2) is 7.29. The van der Waals surface area contributed by atoms with E-state index in [9.17, 15) is 4.79 Å². The topological polar surface area (TPSA) is 64.4 Å². The Morgan fingerprint density at radius 2 is 1.85 bits per heavy atom. The van der Waals surface area contributed by atoms with Crippen molar-refractivity contribution in [1.82, 2.24) is 5.32 Å². The second-order valence-electron chi connectivity index (χ2n) is 5.16. The molecule has 1 aromatic rings. The van der Waals surface area contributed by atoms with Gasteiger partial charge in [-0.3, -0.25) is 4.79 Å². The summed E-state index contributed by atoms with van der Waals surface area (Å²) in [4.78, 5) is 12.4. The van der Waals surface area contributed by atoms with Gasteiger partial charge in [0.2, 0.25) is 5.91 Å². The molecule has 0 heterocycles. The molecule has 112 valence electrons. The van der Waals surface area contributed by atoms with Crippen molar-refractivity contribution in [2.45, 2.75) is 39.7 Å². The summed E-state index contributed by atoms with van der Waals surface area (Å²) >= 11 is 0. The Morgan fingerprint density at radius 3 is 2.25 bits per heavy atom. The molecule has 0 fully saturated rings.